The third kappa shape index (κ3) is 3.31. The summed E-state index contributed by atoms with van der Waals surface area (Å²) in [5, 5.41) is 5.73. The maximum absolute atomic E-state index is 13.6. The van der Waals surface area contributed by atoms with Gasteiger partial charge in [0.2, 0.25) is 0 Å². The first-order valence-corrected chi connectivity index (χ1v) is 9.55. The van der Waals surface area contributed by atoms with Crippen LogP contribution in [0.4, 0.5) is 13.2 Å². The highest BCUT2D eigenvalue weighted by molar-refractivity contribution is 7.13. The molecule has 0 saturated carbocycles. The summed E-state index contributed by atoms with van der Waals surface area (Å²) in [7, 11) is 0. The molecule has 5 nitrogen and oxygen atoms in total. The van der Waals surface area contributed by atoms with Crippen molar-refractivity contribution in [2.24, 2.45) is 0 Å². The molecule has 1 amide bonds. The normalized spacial score (nSPS) is 18.2. The standard InChI is InChI=1S/C18H17F3N4OS/c1-11-5-2-3-7-24(11)17(26)13-10-16-22-12(14-6-4-8-27-14)9-15(18(19,20)21)25(16)23-13/h4,6,8-11H,2-3,5,7H2,1H3/t11-/m0/s1. The lowest BCUT2D eigenvalue weighted by Gasteiger charge is -2.32. The van der Waals surface area contributed by atoms with Crippen molar-refractivity contribution in [1.82, 2.24) is 19.5 Å². The topological polar surface area (TPSA) is 50.5 Å². The molecule has 3 aromatic heterocycles. The van der Waals surface area contributed by atoms with Gasteiger partial charge in [-0.15, -0.1) is 11.3 Å². The van der Waals surface area contributed by atoms with Gasteiger partial charge in [-0.05, 0) is 43.7 Å². The van der Waals surface area contributed by atoms with E-state index in [0.29, 0.717) is 11.4 Å². The molecule has 1 aliphatic heterocycles. The number of thiophene rings is 1. The van der Waals surface area contributed by atoms with Gasteiger partial charge in [0.25, 0.3) is 5.91 Å². The Labute approximate surface area is 157 Å². The van der Waals surface area contributed by atoms with Crippen molar-refractivity contribution < 1.29 is 18.0 Å². The molecule has 0 aromatic carbocycles. The van der Waals surface area contributed by atoms with Crippen molar-refractivity contribution >= 4 is 22.9 Å². The number of rotatable bonds is 2. The SMILES string of the molecule is C[C@H]1CCCCN1C(=O)c1cc2nc(-c3cccs3)cc(C(F)(F)F)n2n1. The number of fused-ring (bicyclic) bond motifs is 1. The predicted octanol–water partition coefficient (Wildman–Crippen LogP) is 4.49. The van der Waals surface area contributed by atoms with Gasteiger partial charge in [0.05, 0.1) is 10.6 Å². The highest BCUT2D eigenvalue weighted by Gasteiger charge is 2.36. The summed E-state index contributed by atoms with van der Waals surface area (Å²) in [6, 6.07) is 5.83. The third-order valence-corrected chi connectivity index (χ3v) is 5.67. The van der Waals surface area contributed by atoms with Crippen molar-refractivity contribution in [3.05, 3.63) is 41.0 Å². The van der Waals surface area contributed by atoms with Crippen LogP contribution in [0.3, 0.4) is 0 Å². The number of nitrogens with zero attached hydrogens (tertiary/aromatic N) is 4. The molecular formula is C18H17F3N4OS. The average molecular weight is 394 g/mol. The number of hydrogen-bond donors (Lipinski definition) is 0. The highest BCUT2D eigenvalue weighted by Crippen LogP contribution is 2.33. The van der Waals surface area contributed by atoms with Crippen LogP contribution in [-0.4, -0.2) is 38.0 Å². The van der Waals surface area contributed by atoms with E-state index in [-0.39, 0.29) is 29.0 Å². The number of likely N-dealkylation sites (tertiary alicyclic amines) is 1. The molecule has 0 N–H and O–H groups in total. The van der Waals surface area contributed by atoms with E-state index < -0.39 is 11.9 Å². The maximum atomic E-state index is 13.6. The minimum Gasteiger partial charge on any atom is -0.335 e. The van der Waals surface area contributed by atoms with Crippen LogP contribution >= 0.6 is 11.3 Å². The Morgan fingerprint density at radius 2 is 2.11 bits per heavy atom. The van der Waals surface area contributed by atoms with Crippen molar-refractivity contribution in [1.29, 1.82) is 0 Å². The Hall–Kier alpha value is -2.42. The molecule has 1 atom stereocenters. The number of hydrogen-bond acceptors (Lipinski definition) is 4. The summed E-state index contributed by atoms with van der Waals surface area (Å²) < 4.78 is 41.5. The van der Waals surface area contributed by atoms with E-state index in [1.165, 1.54) is 17.4 Å². The van der Waals surface area contributed by atoms with Gasteiger partial charge in [0.15, 0.2) is 17.0 Å². The predicted molar refractivity (Wildman–Crippen MR) is 95.7 cm³/mol. The number of alkyl halides is 3. The number of amides is 1. The number of carbonyl (C=O) groups is 1. The first-order chi connectivity index (χ1) is 12.8. The summed E-state index contributed by atoms with van der Waals surface area (Å²) in [6.45, 7) is 2.54. The Morgan fingerprint density at radius 1 is 1.30 bits per heavy atom. The molecule has 0 bridgehead atoms. The molecular weight excluding hydrogens is 377 g/mol. The number of halogens is 3. The molecule has 27 heavy (non-hydrogen) atoms. The third-order valence-electron chi connectivity index (χ3n) is 4.77. The Bertz CT molecular complexity index is 981. The van der Waals surface area contributed by atoms with Gasteiger partial charge in [0, 0.05) is 18.7 Å². The summed E-state index contributed by atoms with van der Waals surface area (Å²) in [5.74, 6) is -0.349. The fourth-order valence-electron chi connectivity index (χ4n) is 3.38. The van der Waals surface area contributed by atoms with E-state index >= 15 is 0 Å². The maximum Gasteiger partial charge on any atom is 0.433 e. The molecule has 4 rings (SSSR count). The van der Waals surface area contributed by atoms with Crippen LogP contribution in [0.1, 0.15) is 42.4 Å². The zero-order valence-electron chi connectivity index (χ0n) is 14.5. The van der Waals surface area contributed by atoms with E-state index in [1.54, 1.807) is 22.4 Å². The number of piperidine rings is 1. The molecule has 9 heteroatoms. The quantitative estimate of drug-likeness (QED) is 0.643. The van der Waals surface area contributed by atoms with Crippen LogP contribution in [0.15, 0.2) is 29.6 Å². The molecule has 142 valence electrons. The second-order valence-corrected chi connectivity index (χ2v) is 7.59. The van der Waals surface area contributed by atoms with E-state index in [0.717, 1.165) is 29.8 Å². The summed E-state index contributed by atoms with van der Waals surface area (Å²) in [6.07, 6.45) is -1.80. The van der Waals surface area contributed by atoms with E-state index in [1.807, 2.05) is 6.92 Å². The number of aromatic nitrogens is 3. The van der Waals surface area contributed by atoms with Gasteiger partial charge in [-0.3, -0.25) is 4.79 Å². The zero-order valence-corrected chi connectivity index (χ0v) is 15.3. The largest absolute Gasteiger partial charge is 0.433 e. The van der Waals surface area contributed by atoms with Crippen molar-refractivity contribution in [3.63, 3.8) is 0 Å². The van der Waals surface area contributed by atoms with E-state index in [4.69, 9.17) is 0 Å². The summed E-state index contributed by atoms with van der Waals surface area (Å²) in [4.78, 5) is 19.4. The van der Waals surface area contributed by atoms with Gasteiger partial charge < -0.3 is 4.90 Å². The van der Waals surface area contributed by atoms with Crippen LogP contribution in [0, 0.1) is 0 Å². The van der Waals surface area contributed by atoms with Crippen molar-refractivity contribution in [2.75, 3.05) is 6.54 Å². The van der Waals surface area contributed by atoms with Crippen LogP contribution in [-0.2, 0) is 6.18 Å². The van der Waals surface area contributed by atoms with Crippen LogP contribution in [0.25, 0.3) is 16.2 Å². The first kappa shape index (κ1) is 18.0. The molecule has 0 unspecified atom stereocenters. The van der Waals surface area contributed by atoms with Crippen LogP contribution < -0.4 is 0 Å². The average Bonchev–Trinajstić information content (AvgIpc) is 3.29. The Morgan fingerprint density at radius 3 is 2.78 bits per heavy atom. The zero-order chi connectivity index (χ0) is 19.2. The number of carbonyl (C=O) groups excluding carboxylic acids is 1. The summed E-state index contributed by atoms with van der Waals surface area (Å²) in [5.41, 5.74) is -0.719. The molecule has 0 aliphatic carbocycles. The molecule has 0 radical (unpaired) electrons. The lowest BCUT2D eigenvalue weighted by atomic mass is 10.0. The van der Waals surface area contributed by atoms with Crippen molar-refractivity contribution in [3.8, 4) is 10.6 Å². The van der Waals surface area contributed by atoms with Crippen LogP contribution in [0.5, 0.6) is 0 Å². The molecule has 1 fully saturated rings. The van der Waals surface area contributed by atoms with E-state index in [9.17, 15) is 18.0 Å². The van der Waals surface area contributed by atoms with Crippen molar-refractivity contribution in [2.45, 2.75) is 38.4 Å². The van der Waals surface area contributed by atoms with Gasteiger partial charge >= 0.3 is 6.18 Å². The molecule has 1 saturated heterocycles. The van der Waals surface area contributed by atoms with Crippen LogP contribution in [0.2, 0.25) is 0 Å². The Balaban J connectivity index is 1.82. The minimum absolute atomic E-state index is 0.00919. The van der Waals surface area contributed by atoms with Gasteiger partial charge in [-0.2, -0.15) is 18.3 Å². The van der Waals surface area contributed by atoms with Gasteiger partial charge in [-0.1, -0.05) is 6.07 Å². The monoisotopic (exact) mass is 394 g/mol. The molecule has 3 aromatic rings. The molecule has 0 spiro atoms. The Kier molecular flexibility index (Phi) is 4.41. The highest BCUT2D eigenvalue weighted by atomic mass is 32.1. The lowest BCUT2D eigenvalue weighted by molar-refractivity contribution is -0.142. The molecule has 1 aliphatic rings. The fourth-order valence-corrected chi connectivity index (χ4v) is 4.06. The fraction of sp³-hybridized carbons (Fsp3) is 0.389. The lowest BCUT2D eigenvalue weighted by Crippen LogP contribution is -2.42. The first-order valence-electron chi connectivity index (χ1n) is 8.67. The van der Waals surface area contributed by atoms with Gasteiger partial charge in [0.1, 0.15) is 0 Å². The second-order valence-electron chi connectivity index (χ2n) is 6.64. The molecule has 4 heterocycles. The minimum atomic E-state index is -4.61. The van der Waals surface area contributed by atoms with Gasteiger partial charge in [-0.25, -0.2) is 9.50 Å². The summed E-state index contributed by atoms with van der Waals surface area (Å²) >= 11 is 1.31. The van der Waals surface area contributed by atoms with E-state index in [2.05, 4.69) is 10.1 Å². The second kappa shape index (κ2) is 6.63. The smallest absolute Gasteiger partial charge is 0.335 e.